The van der Waals surface area contributed by atoms with Crippen molar-refractivity contribution in [3.63, 3.8) is 0 Å². The van der Waals surface area contributed by atoms with E-state index in [9.17, 15) is 9.90 Å². The van der Waals surface area contributed by atoms with Crippen LogP contribution in [0, 0.1) is 0 Å². The van der Waals surface area contributed by atoms with Gasteiger partial charge in [-0.2, -0.15) is 0 Å². The van der Waals surface area contributed by atoms with Gasteiger partial charge in [0.25, 0.3) is 5.91 Å². The molecule has 0 fully saturated rings. The third-order valence-electron chi connectivity index (χ3n) is 0.867. The van der Waals surface area contributed by atoms with E-state index < -0.39 is 12.0 Å². The maximum absolute atomic E-state index is 10.7. The highest BCUT2D eigenvalue weighted by atomic mass is 16.3. The summed E-state index contributed by atoms with van der Waals surface area (Å²) in [5.74, 6) is -0.438. The normalized spacial score (nSPS) is 14.5. The average Bonchev–Trinajstić information content (AvgIpc) is 1.60. The van der Waals surface area contributed by atoms with Crippen molar-refractivity contribution < 1.29 is 9.90 Å². The molecule has 0 bridgehead atoms. The van der Waals surface area contributed by atoms with E-state index in [2.05, 4.69) is 5.32 Å². The van der Waals surface area contributed by atoms with Gasteiger partial charge >= 0.3 is 0 Å². The SMILES string of the molecule is CC([O])C(=O)NC(C)(C)C. The predicted molar refractivity (Wildman–Crippen MR) is 38.0 cm³/mol. The number of amides is 1. The van der Waals surface area contributed by atoms with Gasteiger partial charge in [0.15, 0.2) is 6.10 Å². The highest BCUT2D eigenvalue weighted by Crippen LogP contribution is 1.98. The zero-order chi connectivity index (χ0) is 8.36. The van der Waals surface area contributed by atoms with Crippen molar-refractivity contribution in [1.29, 1.82) is 0 Å². The second-order valence-corrected chi connectivity index (χ2v) is 3.38. The zero-order valence-electron chi connectivity index (χ0n) is 6.89. The Morgan fingerprint density at radius 2 is 1.80 bits per heavy atom. The largest absolute Gasteiger partial charge is 0.349 e. The molecule has 1 N–H and O–H groups in total. The Hall–Kier alpha value is -0.570. The maximum Gasteiger partial charge on any atom is 0.252 e. The molecule has 1 atom stereocenters. The summed E-state index contributed by atoms with van der Waals surface area (Å²) in [6.45, 7) is 6.86. The Balaban J connectivity index is 3.81. The van der Waals surface area contributed by atoms with Gasteiger partial charge in [0.1, 0.15) is 0 Å². The molecule has 59 valence electrons. The Labute approximate surface area is 61.4 Å². The molecule has 3 heteroatoms. The molecule has 1 amide bonds. The van der Waals surface area contributed by atoms with E-state index in [1.54, 1.807) is 0 Å². The first-order valence-electron chi connectivity index (χ1n) is 3.31. The number of carbonyl (C=O) groups excluding carboxylic acids is 1. The van der Waals surface area contributed by atoms with E-state index in [0.29, 0.717) is 0 Å². The van der Waals surface area contributed by atoms with E-state index in [0.717, 1.165) is 0 Å². The van der Waals surface area contributed by atoms with Gasteiger partial charge in [-0.25, -0.2) is 5.11 Å². The van der Waals surface area contributed by atoms with Gasteiger partial charge in [0, 0.05) is 5.54 Å². The van der Waals surface area contributed by atoms with Crippen LogP contribution in [0.1, 0.15) is 27.7 Å². The lowest BCUT2D eigenvalue weighted by molar-refractivity contribution is -0.133. The molecule has 0 aromatic heterocycles. The smallest absolute Gasteiger partial charge is 0.252 e. The second-order valence-electron chi connectivity index (χ2n) is 3.38. The van der Waals surface area contributed by atoms with Gasteiger partial charge in [0.05, 0.1) is 0 Å². The number of carbonyl (C=O) groups is 1. The molecule has 0 heterocycles. The fraction of sp³-hybridized carbons (Fsp3) is 0.857. The van der Waals surface area contributed by atoms with Crippen molar-refractivity contribution in [2.75, 3.05) is 0 Å². The van der Waals surface area contributed by atoms with Crippen LogP contribution in [0.3, 0.4) is 0 Å². The van der Waals surface area contributed by atoms with E-state index in [1.807, 2.05) is 20.8 Å². The summed E-state index contributed by atoms with van der Waals surface area (Å²) < 4.78 is 0. The van der Waals surface area contributed by atoms with Crippen molar-refractivity contribution in [1.82, 2.24) is 5.32 Å². The standard InChI is InChI=1S/C7H14NO2/c1-5(9)6(10)8-7(2,3)4/h5H,1-4H3,(H,8,10). The molecule has 1 radical (unpaired) electrons. The maximum atomic E-state index is 10.7. The van der Waals surface area contributed by atoms with Gasteiger partial charge in [-0.05, 0) is 27.7 Å². The monoisotopic (exact) mass is 144 g/mol. The molecule has 10 heavy (non-hydrogen) atoms. The minimum absolute atomic E-state index is 0.296. The fourth-order valence-electron chi connectivity index (χ4n) is 0.471. The van der Waals surface area contributed by atoms with Crippen molar-refractivity contribution >= 4 is 5.91 Å². The fourth-order valence-corrected chi connectivity index (χ4v) is 0.471. The Bertz CT molecular complexity index is 124. The molecule has 0 aromatic rings. The van der Waals surface area contributed by atoms with Gasteiger partial charge in [-0.15, -0.1) is 0 Å². The topological polar surface area (TPSA) is 49.0 Å². The van der Waals surface area contributed by atoms with E-state index >= 15 is 0 Å². The van der Waals surface area contributed by atoms with Crippen molar-refractivity contribution in [3.05, 3.63) is 0 Å². The minimum Gasteiger partial charge on any atom is -0.349 e. The molecule has 3 nitrogen and oxygen atoms in total. The van der Waals surface area contributed by atoms with E-state index in [4.69, 9.17) is 0 Å². The first kappa shape index (κ1) is 9.43. The predicted octanol–water partition coefficient (Wildman–Crippen LogP) is 0.720. The highest BCUT2D eigenvalue weighted by Gasteiger charge is 2.17. The minimum atomic E-state index is -1.17. The molecular formula is C7H14NO2. The van der Waals surface area contributed by atoms with Gasteiger partial charge < -0.3 is 5.32 Å². The summed E-state index contributed by atoms with van der Waals surface area (Å²) in [5.41, 5.74) is -0.296. The molecule has 0 aromatic carbocycles. The molecule has 0 aliphatic carbocycles. The Morgan fingerprint density at radius 3 is 1.90 bits per heavy atom. The van der Waals surface area contributed by atoms with Crippen molar-refractivity contribution in [2.24, 2.45) is 0 Å². The lowest BCUT2D eigenvalue weighted by atomic mass is 10.1. The van der Waals surface area contributed by atoms with Crippen LogP contribution >= 0.6 is 0 Å². The number of hydrogen-bond acceptors (Lipinski definition) is 1. The zero-order valence-corrected chi connectivity index (χ0v) is 6.89. The van der Waals surface area contributed by atoms with Crippen LogP contribution in [0.4, 0.5) is 0 Å². The van der Waals surface area contributed by atoms with Crippen molar-refractivity contribution in [2.45, 2.75) is 39.3 Å². The summed E-state index contributed by atoms with van der Waals surface area (Å²) in [6, 6.07) is 0. The van der Waals surface area contributed by atoms with Gasteiger partial charge in [-0.3, -0.25) is 4.79 Å². The average molecular weight is 144 g/mol. The Kier molecular flexibility index (Phi) is 2.84. The van der Waals surface area contributed by atoms with E-state index in [-0.39, 0.29) is 5.54 Å². The van der Waals surface area contributed by atoms with Crippen LogP contribution in [0.2, 0.25) is 0 Å². The summed E-state index contributed by atoms with van der Waals surface area (Å²) in [7, 11) is 0. The number of nitrogens with one attached hydrogen (secondary N) is 1. The summed E-state index contributed by atoms with van der Waals surface area (Å²) in [6.07, 6.45) is -1.17. The van der Waals surface area contributed by atoms with E-state index in [1.165, 1.54) is 6.92 Å². The quantitative estimate of drug-likeness (QED) is 0.579. The van der Waals surface area contributed by atoms with Crippen molar-refractivity contribution in [3.8, 4) is 0 Å². The number of hydrogen-bond donors (Lipinski definition) is 1. The first-order valence-corrected chi connectivity index (χ1v) is 3.31. The number of rotatable bonds is 1. The lowest BCUT2D eigenvalue weighted by Crippen LogP contribution is -2.44. The van der Waals surface area contributed by atoms with Gasteiger partial charge in [0.2, 0.25) is 0 Å². The molecule has 1 unspecified atom stereocenters. The lowest BCUT2D eigenvalue weighted by Gasteiger charge is -2.20. The summed E-state index contributed by atoms with van der Waals surface area (Å²) in [5, 5.41) is 13.1. The third-order valence-corrected chi connectivity index (χ3v) is 0.867. The molecular weight excluding hydrogens is 130 g/mol. The van der Waals surface area contributed by atoms with Crippen LogP contribution in [-0.2, 0) is 9.90 Å². The molecule has 0 spiro atoms. The molecule has 0 aliphatic heterocycles. The molecule has 0 saturated carbocycles. The molecule has 0 aliphatic rings. The molecule has 0 saturated heterocycles. The second kappa shape index (κ2) is 3.01. The van der Waals surface area contributed by atoms with Crippen LogP contribution in [0.5, 0.6) is 0 Å². The summed E-state index contributed by atoms with van der Waals surface area (Å²) >= 11 is 0. The van der Waals surface area contributed by atoms with Gasteiger partial charge in [-0.1, -0.05) is 0 Å². The first-order chi connectivity index (χ1) is 4.33. The van der Waals surface area contributed by atoms with Crippen LogP contribution in [-0.4, -0.2) is 17.6 Å². The molecule has 0 rings (SSSR count). The van der Waals surface area contributed by atoms with Crippen LogP contribution < -0.4 is 5.32 Å². The Morgan fingerprint density at radius 1 is 1.40 bits per heavy atom. The van der Waals surface area contributed by atoms with Crippen LogP contribution in [0.15, 0.2) is 0 Å². The summed E-state index contributed by atoms with van der Waals surface area (Å²) in [4.78, 5) is 10.7. The highest BCUT2D eigenvalue weighted by molar-refractivity contribution is 5.80. The van der Waals surface area contributed by atoms with Crippen LogP contribution in [0.25, 0.3) is 0 Å². The third kappa shape index (κ3) is 4.32.